The number of methoxy groups -OCH3 is 1. The second-order valence-electron chi connectivity index (χ2n) is 6.99. The third-order valence-electron chi connectivity index (χ3n) is 4.94. The van der Waals surface area contributed by atoms with Crippen LogP contribution < -0.4 is 15.4 Å². The topological polar surface area (TPSA) is 123 Å². The van der Waals surface area contributed by atoms with Crippen LogP contribution in [-0.2, 0) is 11.3 Å². The number of H-pyrrole nitrogens is 1. The van der Waals surface area contributed by atoms with Crippen LogP contribution in [0, 0.1) is 20.8 Å². The highest BCUT2D eigenvalue weighted by Crippen LogP contribution is 2.41. The van der Waals surface area contributed by atoms with Crippen molar-refractivity contribution >= 4 is 40.9 Å². The molecule has 0 bridgehead atoms. The summed E-state index contributed by atoms with van der Waals surface area (Å²) in [5.74, 6) is 1.52. The zero-order valence-electron chi connectivity index (χ0n) is 16.9. The SMILES string of the molecule is COc1c(C)cnc(CN2C(=O)C(=Cc3cnc(C)[nH]3)c3c(Cl)nc(N)nc32)c1C. The van der Waals surface area contributed by atoms with Gasteiger partial charge in [-0.2, -0.15) is 4.98 Å². The number of aromatic nitrogens is 5. The molecule has 0 saturated heterocycles. The maximum absolute atomic E-state index is 13.4. The van der Waals surface area contributed by atoms with Crippen molar-refractivity contribution in [1.29, 1.82) is 0 Å². The van der Waals surface area contributed by atoms with E-state index in [2.05, 4.69) is 24.9 Å². The van der Waals surface area contributed by atoms with E-state index in [0.717, 1.165) is 22.7 Å². The number of aromatic amines is 1. The molecule has 10 heteroatoms. The first-order chi connectivity index (χ1) is 14.3. The maximum atomic E-state index is 13.4. The minimum absolute atomic E-state index is 0.0126. The monoisotopic (exact) mass is 425 g/mol. The molecule has 154 valence electrons. The molecule has 3 aromatic heterocycles. The summed E-state index contributed by atoms with van der Waals surface area (Å²) in [5, 5.41) is 0.113. The van der Waals surface area contributed by atoms with E-state index in [-0.39, 0.29) is 23.6 Å². The van der Waals surface area contributed by atoms with Gasteiger partial charge < -0.3 is 15.5 Å². The van der Waals surface area contributed by atoms with Crippen LogP contribution in [0.4, 0.5) is 11.8 Å². The van der Waals surface area contributed by atoms with Gasteiger partial charge in [-0.15, -0.1) is 0 Å². The number of ether oxygens (including phenoxy) is 1. The Hall–Kier alpha value is -3.46. The number of pyridine rings is 1. The molecule has 0 fully saturated rings. The first-order valence-corrected chi connectivity index (χ1v) is 9.55. The average molecular weight is 426 g/mol. The Morgan fingerprint density at radius 2 is 2.00 bits per heavy atom. The number of nitrogens with zero attached hydrogens (tertiary/aromatic N) is 5. The number of nitrogens with two attached hydrogens (primary N) is 1. The number of hydrogen-bond donors (Lipinski definition) is 2. The van der Waals surface area contributed by atoms with Crippen LogP contribution in [0.1, 0.15) is 33.9 Å². The van der Waals surface area contributed by atoms with Gasteiger partial charge in [0.15, 0.2) is 5.82 Å². The van der Waals surface area contributed by atoms with E-state index in [0.29, 0.717) is 28.3 Å². The van der Waals surface area contributed by atoms with Crippen molar-refractivity contribution < 1.29 is 9.53 Å². The molecule has 30 heavy (non-hydrogen) atoms. The van der Waals surface area contributed by atoms with Gasteiger partial charge in [-0.1, -0.05) is 11.6 Å². The Kier molecular flexibility index (Phi) is 4.90. The van der Waals surface area contributed by atoms with E-state index < -0.39 is 0 Å². The minimum Gasteiger partial charge on any atom is -0.496 e. The van der Waals surface area contributed by atoms with E-state index in [1.807, 2.05) is 20.8 Å². The summed E-state index contributed by atoms with van der Waals surface area (Å²) in [6.45, 7) is 5.83. The highest BCUT2D eigenvalue weighted by molar-refractivity contribution is 6.41. The summed E-state index contributed by atoms with van der Waals surface area (Å²) in [5.41, 5.74) is 9.72. The van der Waals surface area contributed by atoms with Gasteiger partial charge in [0.2, 0.25) is 5.95 Å². The van der Waals surface area contributed by atoms with E-state index in [4.69, 9.17) is 22.1 Å². The van der Waals surface area contributed by atoms with E-state index in [1.165, 1.54) is 4.90 Å². The molecule has 9 nitrogen and oxygen atoms in total. The quantitative estimate of drug-likeness (QED) is 0.486. The van der Waals surface area contributed by atoms with Crippen LogP contribution in [-0.4, -0.2) is 37.9 Å². The lowest BCUT2D eigenvalue weighted by Gasteiger charge is -2.19. The van der Waals surface area contributed by atoms with Gasteiger partial charge in [-0.25, -0.2) is 9.97 Å². The third kappa shape index (κ3) is 3.26. The first-order valence-electron chi connectivity index (χ1n) is 9.17. The van der Waals surface area contributed by atoms with Gasteiger partial charge in [0.1, 0.15) is 16.7 Å². The van der Waals surface area contributed by atoms with Crippen LogP contribution in [0.5, 0.6) is 5.75 Å². The normalized spacial score (nSPS) is 14.5. The largest absolute Gasteiger partial charge is 0.496 e. The van der Waals surface area contributed by atoms with Crippen LogP contribution in [0.25, 0.3) is 11.6 Å². The lowest BCUT2D eigenvalue weighted by Crippen LogP contribution is -2.27. The molecule has 1 aliphatic rings. The Morgan fingerprint density at radius 3 is 2.67 bits per heavy atom. The zero-order chi connectivity index (χ0) is 21.6. The molecule has 1 aliphatic heterocycles. The van der Waals surface area contributed by atoms with Crippen molar-refractivity contribution in [3.05, 3.63) is 51.4 Å². The standard InChI is InChI=1S/C20H20ClN7O2/c1-9-6-24-14(10(2)16(9)30-4)8-28-18-15(17(21)26-20(22)27-18)13(19(28)29)5-12-7-23-11(3)25-12/h5-7H,8H2,1-4H3,(H,23,25)(H2,22,26,27). The Balaban J connectivity index is 1.83. The highest BCUT2D eigenvalue weighted by Gasteiger charge is 2.37. The van der Waals surface area contributed by atoms with E-state index in [1.54, 1.807) is 25.6 Å². The van der Waals surface area contributed by atoms with Gasteiger partial charge in [0, 0.05) is 17.3 Å². The number of nitrogen functional groups attached to an aromatic ring is 1. The van der Waals surface area contributed by atoms with Crippen molar-refractivity contribution in [3.8, 4) is 5.75 Å². The molecule has 0 saturated carbocycles. The van der Waals surface area contributed by atoms with Gasteiger partial charge in [-0.05, 0) is 26.8 Å². The molecule has 0 radical (unpaired) electrons. The van der Waals surface area contributed by atoms with Crippen LogP contribution in [0.15, 0.2) is 12.4 Å². The molecule has 3 aromatic rings. The van der Waals surface area contributed by atoms with E-state index >= 15 is 0 Å². The molecular formula is C20H20ClN7O2. The van der Waals surface area contributed by atoms with Gasteiger partial charge in [0.25, 0.3) is 5.91 Å². The first kappa shape index (κ1) is 19.8. The number of amides is 1. The molecule has 0 aromatic carbocycles. The number of carbonyl (C=O) groups excluding carboxylic acids is 1. The van der Waals surface area contributed by atoms with Crippen molar-refractivity contribution in [2.75, 3.05) is 17.7 Å². The molecule has 1 amide bonds. The summed E-state index contributed by atoms with van der Waals surface area (Å²) in [6, 6.07) is 0. The molecule has 0 spiro atoms. The third-order valence-corrected chi connectivity index (χ3v) is 5.22. The number of carbonyl (C=O) groups is 1. The fourth-order valence-electron chi connectivity index (χ4n) is 3.54. The molecule has 0 unspecified atom stereocenters. The summed E-state index contributed by atoms with van der Waals surface area (Å²) in [7, 11) is 1.61. The number of rotatable bonds is 4. The molecular weight excluding hydrogens is 406 g/mol. The molecule has 3 N–H and O–H groups in total. The molecule has 0 aliphatic carbocycles. The summed E-state index contributed by atoms with van der Waals surface area (Å²) in [4.78, 5) is 34.9. The number of halogens is 1. The number of imidazole rings is 1. The van der Waals surface area contributed by atoms with Gasteiger partial charge in [-0.3, -0.25) is 14.7 Å². The zero-order valence-corrected chi connectivity index (χ0v) is 17.7. The number of nitrogens with one attached hydrogen (secondary N) is 1. The maximum Gasteiger partial charge on any atom is 0.260 e. The highest BCUT2D eigenvalue weighted by atomic mass is 35.5. The Labute approximate surface area is 178 Å². The minimum atomic E-state index is -0.278. The second kappa shape index (κ2) is 7.42. The van der Waals surface area contributed by atoms with Crippen LogP contribution in [0.2, 0.25) is 5.15 Å². The van der Waals surface area contributed by atoms with Crippen molar-refractivity contribution in [1.82, 2.24) is 24.9 Å². The van der Waals surface area contributed by atoms with Crippen LogP contribution in [0.3, 0.4) is 0 Å². The Morgan fingerprint density at radius 1 is 1.23 bits per heavy atom. The van der Waals surface area contributed by atoms with E-state index in [9.17, 15) is 4.79 Å². The Bertz CT molecular complexity index is 1200. The van der Waals surface area contributed by atoms with Gasteiger partial charge in [0.05, 0.1) is 42.4 Å². The number of aryl methyl sites for hydroxylation is 2. The predicted molar refractivity (Wildman–Crippen MR) is 114 cm³/mol. The second-order valence-corrected chi connectivity index (χ2v) is 7.35. The average Bonchev–Trinajstić information content (AvgIpc) is 3.20. The summed E-state index contributed by atoms with van der Waals surface area (Å²) < 4.78 is 5.49. The van der Waals surface area contributed by atoms with Crippen LogP contribution >= 0.6 is 11.6 Å². The molecule has 4 heterocycles. The molecule has 0 atom stereocenters. The molecule has 4 rings (SSSR count). The van der Waals surface area contributed by atoms with Gasteiger partial charge >= 0.3 is 0 Å². The summed E-state index contributed by atoms with van der Waals surface area (Å²) in [6.07, 6.45) is 5.04. The number of hydrogen-bond acceptors (Lipinski definition) is 7. The van der Waals surface area contributed by atoms with Crippen molar-refractivity contribution in [2.45, 2.75) is 27.3 Å². The number of anilines is 2. The number of fused-ring (bicyclic) bond motifs is 1. The lowest BCUT2D eigenvalue weighted by molar-refractivity contribution is -0.113. The lowest BCUT2D eigenvalue weighted by atomic mass is 10.1. The fourth-order valence-corrected chi connectivity index (χ4v) is 3.82. The smallest absolute Gasteiger partial charge is 0.260 e. The van der Waals surface area contributed by atoms with Crippen molar-refractivity contribution in [2.24, 2.45) is 0 Å². The summed E-state index contributed by atoms with van der Waals surface area (Å²) >= 11 is 6.36. The van der Waals surface area contributed by atoms with Crippen molar-refractivity contribution in [3.63, 3.8) is 0 Å². The predicted octanol–water partition coefficient (Wildman–Crippen LogP) is 2.85. The fraction of sp³-hybridized carbons (Fsp3) is 0.250.